The summed E-state index contributed by atoms with van der Waals surface area (Å²) in [4.78, 5) is 12.5. The minimum atomic E-state index is -3.81. The second-order valence-corrected chi connectivity index (χ2v) is 8.38. The highest BCUT2D eigenvalue weighted by Crippen LogP contribution is 2.29. The monoisotopic (exact) mass is 422 g/mol. The van der Waals surface area contributed by atoms with Crippen LogP contribution in [-0.4, -0.2) is 53.6 Å². The molecule has 0 fully saturated rings. The van der Waals surface area contributed by atoms with E-state index in [2.05, 4.69) is 5.32 Å². The molecule has 2 rings (SSSR count). The van der Waals surface area contributed by atoms with Crippen LogP contribution < -0.4 is 19.5 Å². The number of carbonyl (C=O) groups excluding carboxylic acids is 1. The molecule has 1 N–H and O–H groups in total. The van der Waals surface area contributed by atoms with Gasteiger partial charge in [0.15, 0.2) is 0 Å². The van der Waals surface area contributed by atoms with Gasteiger partial charge in [0, 0.05) is 12.6 Å². The maximum Gasteiger partial charge on any atom is 0.243 e. The van der Waals surface area contributed by atoms with Gasteiger partial charge in [-0.3, -0.25) is 4.79 Å². The molecule has 0 saturated carbocycles. The molecule has 0 aliphatic heterocycles. The van der Waals surface area contributed by atoms with E-state index in [1.165, 1.54) is 33.4 Å². The number of likely N-dealkylation sites (N-methyl/N-ethyl adjacent to an activating group) is 1. The van der Waals surface area contributed by atoms with E-state index in [0.717, 1.165) is 9.87 Å². The average Bonchev–Trinajstić information content (AvgIpc) is 2.72. The fourth-order valence-electron chi connectivity index (χ4n) is 2.76. The first-order valence-electron chi connectivity index (χ1n) is 8.84. The Labute approximate surface area is 171 Å². The zero-order valence-electron chi connectivity index (χ0n) is 17.1. The summed E-state index contributed by atoms with van der Waals surface area (Å²) >= 11 is 0. The van der Waals surface area contributed by atoms with Crippen LogP contribution in [0.4, 0.5) is 0 Å². The summed E-state index contributed by atoms with van der Waals surface area (Å²) in [5.74, 6) is 1.33. The number of carbonyl (C=O) groups is 1. The molecule has 0 heterocycles. The van der Waals surface area contributed by atoms with Crippen molar-refractivity contribution in [3.63, 3.8) is 0 Å². The lowest BCUT2D eigenvalue weighted by atomic mass is 10.1. The minimum absolute atomic E-state index is 0.0797. The molecule has 0 aromatic heterocycles. The number of amides is 1. The lowest BCUT2D eigenvalue weighted by Crippen LogP contribution is -2.39. The third-order valence-electron chi connectivity index (χ3n) is 4.41. The van der Waals surface area contributed by atoms with E-state index in [1.54, 1.807) is 44.4 Å². The summed E-state index contributed by atoms with van der Waals surface area (Å²) in [6.45, 7) is 1.46. The fraction of sp³-hybridized carbons (Fsp3) is 0.350. The summed E-state index contributed by atoms with van der Waals surface area (Å²) in [7, 11) is 2.13. The third kappa shape index (κ3) is 5.39. The van der Waals surface area contributed by atoms with Crippen LogP contribution >= 0.6 is 0 Å². The van der Waals surface area contributed by atoms with E-state index in [4.69, 9.17) is 14.2 Å². The van der Waals surface area contributed by atoms with Crippen molar-refractivity contribution in [1.82, 2.24) is 9.62 Å². The summed E-state index contributed by atoms with van der Waals surface area (Å²) in [5.41, 5.74) is 0.723. The first kappa shape index (κ1) is 22.5. The lowest BCUT2D eigenvalue weighted by Gasteiger charge is -2.21. The summed E-state index contributed by atoms with van der Waals surface area (Å²) in [6, 6.07) is 10.8. The first-order valence-corrected chi connectivity index (χ1v) is 10.3. The number of ether oxygens (including phenoxy) is 3. The van der Waals surface area contributed by atoms with E-state index in [-0.39, 0.29) is 11.4 Å². The van der Waals surface area contributed by atoms with Crippen molar-refractivity contribution in [2.45, 2.75) is 17.9 Å². The Hall–Kier alpha value is -2.78. The largest absolute Gasteiger partial charge is 0.497 e. The molecular weight excluding hydrogens is 396 g/mol. The molecular formula is C20H26N2O6S. The second-order valence-electron chi connectivity index (χ2n) is 6.33. The molecule has 0 radical (unpaired) electrons. The van der Waals surface area contributed by atoms with Crippen molar-refractivity contribution >= 4 is 15.9 Å². The van der Waals surface area contributed by atoms with Gasteiger partial charge < -0.3 is 19.5 Å². The van der Waals surface area contributed by atoms with E-state index >= 15 is 0 Å². The Morgan fingerprint density at radius 1 is 1.00 bits per heavy atom. The smallest absolute Gasteiger partial charge is 0.243 e. The lowest BCUT2D eigenvalue weighted by molar-refractivity contribution is -0.121. The van der Waals surface area contributed by atoms with E-state index in [9.17, 15) is 13.2 Å². The maximum absolute atomic E-state index is 12.7. The normalized spacial score (nSPS) is 12.3. The van der Waals surface area contributed by atoms with Crippen LogP contribution in [0.5, 0.6) is 17.2 Å². The van der Waals surface area contributed by atoms with E-state index < -0.39 is 22.0 Å². The molecule has 2 aromatic rings. The molecule has 0 saturated heterocycles. The van der Waals surface area contributed by atoms with Gasteiger partial charge in [-0.2, -0.15) is 4.31 Å². The quantitative estimate of drug-likeness (QED) is 0.666. The van der Waals surface area contributed by atoms with Crippen molar-refractivity contribution in [3.05, 3.63) is 48.0 Å². The molecule has 9 heteroatoms. The Morgan fingerprint density at radius 2 is 1.59 bits per heavy atom. The molecule has 1 atom stereocenters. The van der Waals surface area contributed by atoms with Gasteiger partial charge in [0.05, 0.1) is 38.8 Å². The van der Waals surface area contributed by atoms with Crippen LogP contribution in [0.15, 0.2) is 47.4 Å². The number of rotatable bonds is 9. The summed E-state index contributed by atoms with van der Waals surface area (Å²) in [5, 5.41) is 2.79. The van der Waals surface area contributed by atoms with E-state index in [0.29, 0.717) is 17.2 Å². The Kier molecular flexibility index (Phi) is 7.46. The summed E-state index contributed by atoms with van der Waals surface area (Å²) < 4.78 is 41.9. The maximum atomic E-state index is 12.7. The zero-order valence-corrected chi connectivity index (χ0v) is 17.9. The van der Waals surface area contributed by atoms with Gasteiger partial charge in [-0.15, -0.1) is 0 Å². The van der Waals surface area contributed by atoms with Gasteiger partial charge in [-0.25, -0.2) is 8.42 Å². The number of hydrogen-bond donors (Lipinski definition) is 1. The number of nitrogens with zero attached hydrogens (tertiary/aromatic N) is 1. The Bertz CT molecular complexity index is 944. The number of benzene rings is 2. The molecule has 1 amide bonds. The predicted molar refractivity (Wildman–Crippen MR) is 109 cm³/mol. The van der Waals surface area contributed by atoms with Crippen molar-refractivity contribution < 1.29 is 27.4 Å². The number of methoxy groups -OCH3 is 3. The van der Waals surface area contributed by atoms with Gasteiger partial charge in [-0.1, -0.05) is 0 Å². The van der Waals surface area contributed by atoms with Crippen LogP contribution in [0.2, 0.25) is 0 Å². The Morgan fingerprint density at radius 3 is 2.14 bits per heavy atom. The third-order valence-corrected chi connectivity index (χ3v) is 6.23. The molecule has 0 spiro atoms. The molecule has 1 unspecified atom stereocenters. The van der Waals surface area contributed by atoms with Gasteiger partial charge in [0.25, 0.3) is 0 Å². The number of hydrogen-bond acceptors (Lipinski definition) is 6. The molecule has 2 aromatic carbocycles. The standard InChI is InChI=1S/C20H26N2O6S/c1-14(18-12-16(27-4)8-11-19(18)28-5)21-20(23)13-22(2)29(24,25)17-9-6-15(26-3)7-10-17/h6-12,14H,13H2,1-5H3,(H,21,23). The molecule has 0 bridgehead atoms. The number of nitrogens with one attached hydrogen (secondary N) is 1. The van der Waals surface area contributed by atoms with Crippen LogP contribution in [0.3, 0.4) is 0 Å². The highest BCUT2D eigenvalue weighted by atomic mass is 32.2. The van der Waals surface area contributed by atoms with Crippen LogP contribution in [-0.2, 0) is 14.8 Å². The van der Waals surface area contributed by atoms with Gasteiger partial charge in [0.2, 0.25) is 15.9 Å². The number of sulfonamides is 1. The first-order chi connectivity index (χ1) is 13.7. The predicted octanol–water partition coefficient (Wildman–Crippen LogP) is 2.21. The molecule has 29 heavy (non-hydrogen) atoms. The SMILES string of the molecule is COc1ccc(S(=O)(=O)N(C)CC(=O)NC(C)c2cc(OC)ccc2OC)cc1. The minimum Gasteiger partial charge on any atom is -0.497 e. The van der Waals surface area contributed by atoms with Gasteiger partial charge in [-0.05, 0) is 49.4 Å². The Balaban J connectivity index is 2.09. The van der Waals surface area contributed by atoms with Crippen molar-refractivity contribution in [3.8, 4) is 17.2 Å². The van der Waals surface area contributed by atoms with E-state index in [1.807, 2.05) is 0 Å². The topological polar surface area (TPSA) is 94.2 Å². The van der Waals surface area contributed by atoms with Crippen molar-refractivity contribution in [2.75, 3.05) is 34.9 Å². The van der Waals surface area contributed by atoms with Crippen LogP contribution in [0.25, 0.3) is 0 Å². The van der Waals surface area contributed by atoms with Gasteiger partial charge >= 0.3 is 0 Å². The van der Waals surface area contributed by atoms with Gasteiger partial charge in [0.1, 0.15) is 17.2 Å². The average molecular weight is 423 g/mol. The zero-order chi connectivity index (χ0) is 21.6. The fourth-order valence-corrected chi connectivity index (χ4v) is 3.88. The molecule has 158 valence electrons. The highest BCUT2D eigenvalue weighted by Gasteiger charge is 2.24. The molecule has 0 aliphatic carbocycles. The van der Waals surface area contributed by atoms with Crippen LogP contribution in [0.1, 0.15) is 18.5 Å². The summed E-state index contributed by atoms with van der Waals surface area (Å²) in [6.07, 6.45) is 0. The van der Waals surface area contributed by atoms with Crippen LogP contribution in [0, 0.1) is 0 Å². The second kappa shape index (κ2) is 9.62. The highest BCUT2D eigenvalue weighted by molar-refractivity contribution is 7.89. The molecule has 0 aliphatic rings. The molecule has 8 nitrogen and oxygen atoms in total. The van der Waals surface area contributed by atoms with Crippen molar-refractivity contribution in [1.29, 1.82) is 0 Å². The van der Waals surface area contributed by atoms with Crippen molar-refractivity contribution in [2.24, 2.45) is 0 Å².